The number of hydrogen-bond acceptors (Lipinski definition) is 4. The summed E-state index contributed by atoms with van der Waals surface area (Å²) in [7, 11) is 0. The number of nitrogens with one attached hydrogen (secondary N) is 1. The molecule has 8 heteroatoms. The lowest BCUT2D eigenvalue weighted by Crippen LogP contribution is -2.65. The second kappa shape index (κ2) is 5.66. The molecule has 0 aliphatic carbocycles. The van der Waals surface area contributed by atoms with Gasteiger partial charge in [0.05, 0.1) is 24.5 Å². The highest BCUT2D eigenvalue weighted by Gasteiger charge is 2.45. The summed E-state index contributed by atoms with van der Waals surface area (Å²) >= 11 is 0. The first-order chi connectivity index (χ1) is 9.45. The number of amides is 4. The Bertz CT molecular complexity index is 420. The van der Waals surface area contributed by atoms with E-state index in [1.54, 1.807) is 11.8 Å². The average molecular weight is 284 g/mol. The molecule has 4 amide bonds. The van der Waals surface area contributed by atoms with Gasteiger partial charge in [0.15, 0.2) is 0 Å². The van der Waals surface area contributed by atoms with Gasteiger partial charge >= 0.3 is 6.03 Å². The normalized spacial score (nSPS) is 27.6. The molecule has 0 saturated carbocycles. The van der Waals surface area contributed by atoms with E-state index in [0.29, 0.717) is 26.2 Å². The number of carbonyl (C=O) groups is 3. The largest absolute Gasteiger partial charge is 0.395 e. The van der Waals surface area contributed by atoms with Gasteiger partial charge in [0.25, 0.3) is 0 Å². The summed E-state index contributed by atoms with van der Waals surface area (Å²) in [6.07, 6.45) is 0. The van der Waals surface area contributed by atoms with E-state index in [2.05, 4.69) is 5.32 Å². The van der Waals surface area contributed by atoms with Gasteiger partial charge in [0.2, 0.25) is 11.8 Å². The number of carbonyl (C=O) groups excluding carboxylic acids is 3. The monoisotopic (exact) mass is 284 g/mol. The number of primary amides is 1. The molecule has 0 aromatic carbocycles. The maximum atomic E-state index is 12.3. The second-order valence-electron chi connectivity index (χ2n) is 5.26. The van der Waals surface area contributed by atoms with E-state index >= 15 is 0 Å². The fourth-order valence-electron chi connectivity index (χ4n) is 2.70. The number of nitrogens with zero attached hydrogens (tertiary/aromatic N) is 2. The van der Waals surface area contributed by atoms with E-state index in [0.717, 1.165) is 0 Å². The molecule has 0 bridgehead atoms. The molecule has 2 heterocycles. The smallest absolute Gasteiger partial charge is 0.314 e. The van der Waals surface area contributed by atoms with Crippen LogP contribution in [0.2, 0.25) is 0 Å². The third-order valence-corrected chi connectivity index (χ3v) is 4.11. The van der Waals surface area contributed by atoms with Gasteiger partial charge in [-0.2, -0.15) is 0 Å². The molecular weight excluding hydrogens is 264 g/mol. The zero-order valence-corrected chi connectivity index (χ0v) is 11.4. The lowest BCUT2D eigenvalue weighted by molar-refractivity contribution is -0.146. The van der Waals surface area contributed by atoms with Crippen molar-refractivity contribution in [3.8, 4) is 0 Å². The first-order valence-electron chi connectivity index (χ1n) is 6.70. The minimum absolute atomic E-state index is 0.0717. The first kappa shape index (κ1) is 14.6. The second-order valence-corrected chi connectivity index (χ2v) is 5.26. The van der Waals surface area contributed by atoms with E-state index in [1.165, 1.54) is 4.90 Å². The Morgan fingerprint density at radius 2 is 1.90 bits per heavy atom. The Balaban J connectivity index is 1.89. The molecule has 112 valence electrons. The van der Waals surface area contributed by atoms with Crippen molar-refractivity contribution in [3.63, 3.8) is 0 Å². The number of nitrogens with two attached hydrogens (primary N) is 1. The SMILES string of the molecule is C[C@@H](C(=O)N1CCN(C(N)=O)CC1)[C@H]1NC(=O)[C@@H]1CO. The van der Waals surface area contributed by atoms with Crippen LogP contribution in [0.4, 0.5) is 4.79 Å². The number of rotatable bonds is 3. The maximum Gasteiger partial charge on any atom is 0.314 e. The van der Waals surface area contributed by atoms with Gasteiger partial charge in [-0.25, -0.2) is 4.79 Å². The van der Waals surface area contributed by atoms with Crippen molar-refractivity contribution in [1.29, 1.82) is 0 Å². The van der Waals surface area contributed by atoms with E-state index in [4.69, 9.17) is 10.8 Å². The minimum atomic E-state index is -0.499. The van der Waals surface area contributed by atoms with Crippen molar-refractivity contribution < 1.29 is 19.5 Å². The first-order valence-corrected chi connectivity index (χ1v) is 6.70. The summed E-state index contributed by atoms with van der Waals surface area (Å²) in [4.78, 5) is 37.8. The Kier molecular flexibility index (Phi) is 4.12. The average Bonchev–Trinajstić information content (AvgIpc) is 2.43. The molecule has 8 nitrogen and oxygen atoms in total. The third-order valence-electron chi connectivity index (χ3n) is 4.11. The van der Waals surface area contributed by atoms with Crippen molar-refractivity contribution >= 4 is 17.8 Å². The molecule has 0 radical (unpaired) electrons. The van der Waals surface area contributed by atoms with Crippen LogP contribution in [0.25, 0.3) is 0 Å². The fourth-order valence-corrected chi connectivity index (χ4v) is 2.70. The van der Waals surface area contributed by atoms with Gasteiger partial charge in [-0.3, -0.25) is 9.59 Å². The lowest BCUT2D eigenvalue weighted by Gasteiger charge is -2.42. The van der Waals surface area contributed by atoms with Crippen molar-refractivity contribution in [2.24, 2.45) is 17.6 Å². The van der Waals surface area contributed by atoms with Gasteiger partial charge in [-0.05, 0) is 0 Å². The number of piperazine rings is 1. The highest BCUT2D eigenvalue weighted by atomic mass is 16.3. The number of aliphatic hydroxyl groups excluding tert-OH is 1. The van der Waals surface area contributed by atoms with Crippen molar-refractivity contribution in [2.75, 3.05) is 32.8 Å². The molecular formula is C12H20N4O4. The summed E-state index contributed by atoms with van der Waals surface area (Å²) in [6, 6.07) is -0.786. The Morgan fingerprint density at radius 1 is 1.35 bits per heavy atom. The van der Waals surface area contributed by atoms with Crippen LogP contribution < -0.4 is 11.1 Å². The zero-order chi connectivity index (χ0) is 14.9. The van der Waals surface area contributed by atoms with Crippen LogP contribution in [0.15, 0.2) is 0 Å². The Morgan fingerprint density at radius 3 is 2.35 bits per heavy atom. The van der Waals surface area contributed by atoms with Crippen LogP contribution in [0.1, 0.15) is 6.92 Å². The molecule has 2 fully saturated rings. The van der Waals surface area contributed by atoms with Gasteiger partial charge in [-0.1, -0.05) is 6.92 Å². The molecule has 3 atom stereocenters. The molecule has 2 saturated heterocycles. The van der Waals surface area contributed by atoms with Crippen LogP contribution in [0, 0.1) is 11.8 Å². The number of β-lactam (4-membered cyclic amide) rings is 1. The Labute approximate surface area is 116 Å². The quantitative estimate of drug-likeness (QED) is 0.517. The molecule has 0 aromatic rings. The molecule has 0 unspecified atom stereocenters. The lowest BCUT2D eigenvalue weighted by atomic mass is 9.81. The zero-order valence-electron chi connectivity index (χ0n) is 11.4. The Hall–Kier alpha value is -1.83. The number of urea groups is 1. The third kappa shape index (κ3) is 2.55. The van der Waals surface area contributed by atoms with Crippen LogP contribution in [0.5, 0.6) is 0 Å². The molecule has 2 aliphatic heterocycles. The highest BCUT2D eigenvalue weighted by Crippen LogP contribution is 2.23. The summed E-state index contributed by atoms with van der Waals surface area (Å²) in [6.45, 7) is 3.23. The van der Waals surface area contributed by atoms with Crippen LogP contribution in [0.3, 0.4) is 0 Å². The molecule has 0 spiro atoms. The highest BCUT2D eigenvalue weighted by molar-refractivity contribution is 5.89. The summed E-state index contributed by atoms with van der Waals surface area (Å²) in [5.74, 6) is -1.17. The molecule has 4 N–H and O–H groups in total. The maximum absolute atomic E-state index is 12.3. The minimum Gasteiger partial charge on any atom is -0.395 e. The van der Waals surface area contributed by atoms with Gasteiger partial charge in [-0.15, -0.1) is 0 Å². The van der Waals surface area contributed by atoms with E-state index in [1.807, 2.05) is 0 Å². The van der Waals surface area contributed by atoms with Gasteiger partial charge < -0.3 is 26.0 Å². The number of hydrogen-bond donors (Lipinski definition) is 3. The van der Waals surface area contributed by atoms with Crippen LogP contribution in [-0.4, -0.2) is 71.6 Å². The summed E-state index contributed by atoms with van der Waals surface area (Å²) in [5.41, 5.74) is 5.19. The van der Waals surface area contributed by atoms with Gasteiger partial charge in [0, 0.05) is 26.2 Å². The van der Waals surface area contributed by atoms with Gasteiger partial charge in [0.1, 0.15) is 0 Å². The summed E-state index contributed by atoms with van der Waals surface area (Å²) in [5, 5.41) is 11.8. The van der Waals surface area contributed by atoms with Crippen LogP contribution >= 0.6 is 0 Å². The van der Waals surface area contributed by atoms with Crippen molar-refractivity contribution in [2.45, 2.75) is 13.0 Å². The molecule has 2 aliphatic rings. The predicted octanol–water partition coefficient (Wildman–Crippen LogP) is -2.05. The standard InChI is InChI=1S/C12H20N4O4/c1-7(9-8(6-17)10(18)14-9)11(19)15-2-4-16(5-3-15)12(13)20/h7-9,17H,2-6H2,1H3,(H2,13,20)(H,14,18)/t7-,8-,9-/m1/s1. The summed E-state index contributed by atoms with van der Waals surface area (Å²) < 4.78 is 0. The fraction of sp³-hybridized carbons (Fsp3) is 0.750. The predicted molar refractivity (Wildman–Crippen MR) is 69.4 cm³/mol. The van der Waals surface area contributed by atoms with E-state index < -0.39 is 11.9 Å². The number of aliphatic hydroxyl groups is 1. The topological polar surface area (TPSA) is 116 Å². The van der Waals surface area contributed by atoms with Crippen molar-refractivity contribution in [3.05, 3.63) is 0 Å². The van der Waals surface area contributed by atoms with Crippen molar-refractivity contribution in [1.82, 2.24) is 15.1 Å². The molecule has 20 heavy (non-hydrogen) atoms. The van der Waals surface area contributed by atoms with E-state index in [9.17, 15) is 14.4 Å². The van der Waals surface area contributed by atoms with Crippen LogP contribution in [-0.2, 0) is 9.59 Å². The molecule has 0 aromatic heterocycles. The molecule has 2 rings (SSSR count). The van der Waals surface area contributed by atoms with E-state index in [-0.39, 0.29) is 30.4 Å².